The first-order valence-electron chi connectivity index (χ1n) is 6.19. The van der Waals surface area contributed by atoms with E-state index in [1.54, 1.807) is 6.92 Å². The van der Waals surface area contributed by atoms with Crippen LogP contribution in [0.25, 0.3) is 0 Å². The second-order valence-corrected chi connectivity index (χ2v) is 4.76. The monoisotopic (exact) mass is 283 g/mol. The van der Waals surface area contributed by atoms with Crippen LogP contribution in [0.15, 0.2) is 24.3 Å². The molecule has 110 valence electrons. The number of hydrogen-bond donors (Lipinski definition) is 5. The molecule has 5 N–H and O–H groups in total. The summed E-state index contributed by atoms with van der Waals surface area (Å²) in [5, 5.41) is 40.7. The lowest BCUT2D eigenvalue weighted by atomic mass is 9.99. The average Bonchev–Trinajstić information content (AvgIpc) is 2.43. The third kappa shape index (κ3) is 2.91. The molecule has 1 aromatic rings. The van der Waals surface area contributed by atoms with E-state index >= 15 is 0 Å². The Morgan fingerprint density at radius 1 is 1.10 bits per heavy atom. The Hall–Kier alpha value is -1.67. The highest BCUT2D eigenvalue weighted by Gasteiger charge is 2.41. The minimum Gasteiger partial charge on any atom is -0.478 e. The number of hydrogen-bond acceptors (Lipinski definition) is 6. The number of ether oxygens (including phenoxy) is 1. The summed E-state index contributed by atoms with van der Waals surface area (Å²) >= 11 is 0. The SMILES string of the molecule is C[C@H]1O[C@@H](Nc2ccc(C(=O)O)cc2)[C@@H](O)[C@@H](O)[C@@H]1O. The smallest absolute Gasteiger partial charge is 0.335 e. The van der Waals surface area contributed by atoms with Crippen LogP contribution in [-0.4, -0.2) is 57.0 Å². The Morgan fingerprint density at radius 3 is 2.25 bits per heavy atom. The van der Waals surface area contributed by atoms with Crippen molar-refractivity contribution in [1.29, 1.82) is 0 Å². The van der Waals surface area contributed by atoms with E-state index in [2.05, 4.69) is 5.32 Å². The Balaban J connectivity index is 2.07. The minimum atomic E-state index is -1.31. The quantitative estimate of drug-likeness (QED) is 0.513. The molecular weight excluding hydrogens is 266 g/mol. The topological polar surface area (TPSA) is 119 Å². The van der Waals surface area contributed by atoms with Gasteiger partial charge >= 0.3 is 5.97 Å². The standard InChI is InChI=1S/C13H17NO6/c1-6-9(15)10(16)11(17)12(20-6)14-8-4-2-7(3-5-8)13(18)19/h2-6,9-12,14-17H,1H3,(H,18,19)/t6-,9-,10+,11+,12-/m1/s1. The molecule has 1 fully saturated rings. The van der Waals surface area contributed by atoms with Crippen LogP contribution in [0.3, 0.4) is 0 Å². The molecule has 20 heavy (non-hydrogen) atoms. The molecule has 0 aliphatic carbocycles. The molecule has 0 amide bonds. The van der Waals surface area contributed by atoms with Crippen molar-refractivity contribution in [2.45, 2.75) is 37.6 Å². The number of benzene rings is 1. The van der Waals surface area contributed by atoms with Gasteiger partial charge in [-0.3, -0.25) is 0 Å². The maximum Gasteiger partial charge on any atom is 0.335 e. The molecule has 5 atom stereocenters. The van der Waals surface area contributed by atoms with Crippen LogP contribution >= 0.6 is 0 Å². The molecular formula is C13H17NO6. The highest BCUT2D eigenvalue weighted by molar-refractivity contribution is 5.87. The molecule has 7 heteroatoms. The molecule has 1 saturated heterocycles. The fourth-order valence-electron chi connectivity index (χ4n) is 2.04. The second kappa shape index (κ2) is 5.76. The molecule has 2 rings (SSSR count). The van der Waals surface area contributed by atoms with Crippen molar-refractivity contribution in [3.63, 3.8) is 0 Å². The molecule has 0 aromatic heterocycles. The number of nitrogens with one attached hydrogen (secondary N) is 1. The van der Waals surface area contributed by atoms with Gasteiger partial charge in [0, 0.05) is 5.69 Å². The van der Waals surface area contributed by atoms with Crippen molar-refractivity contribution in [2.75, 3.05) is 5.32 Å². The average molecular weight is 283 g/mol. The van der Waals surface area contributed by atoms with Crippen molar-refractivity contribution in [3.8, 4) is 0 Å². The van der Waals surface area contributed by atoms with Crippen molar-refractivity contribution in [1.82, 2.24) is 0 Å². The van der Waals surface area contributed by atoms with Gasteiger partial charge in [-0.05, 0) is 31.2 Å². The maximum absolute atomic E-state index is 10.7. The third-order valence-corrected chi connectivity index (χ3v) is 3.29. The van der Waals surface area contributed by atoms with E-state index in [9.17, 15) is 20.1 Å². The fourth-order valence-corrected chi connectivity index (χ4v) is 2.04. The zero-order valence-electron chi connectivity index (χ0n) is 10.8. The predicted octanol–water partition coefficient (Wildman–Crippen LogP) is -0.376. The molecule has 1 aliphatic rings. The molecule has 0 radical (unpaired) electrons. The largest absolute Gasteiger partial charge is 0.478 e. The number of aromatic carboxylic acids is 1. The lowest BCUT2D eigenvalue weighted by Crippen LogP contribution is -2.58. The Bertz CT molecular complexity index is 476. The van der Waals surface area contributed by atoms with E-state index in [-0.39, 0.29) is 5.56 Å². The van der Waals surface area contributed by atoms with E-state index in [4.69, 9.17) is 9.84 Å². The van der Waals surface area contributed by atoms with Gasteiger partial charge in [0.05, 0.1) is 11.7 Å². The van der Waals surface area contributed by atoms with E-state index in [1.165, 1.54) is 24.3 Å². The molecule has 1 aromatic carbocycles. The van der Waals surface area contributed by atoms with Gasteiger partial charge in [-0.15, -0.1) is 0 Å². The number of carboxylic acids is 1. The summed E-state index contributed by atoms with van der Waals surface area (Å²) in [5.41, 5.74) is 0.680. The van der Waals surface area contributed by atoms with Gasteiger partial charge in [0.2, 0.25) is 0 Å². The number of aliphatic hydroxyl groups is 3. The van der Waals surface area contributed by atoms with Crippen LogP contribution in [-0.2, 0) is 4.74 Å². The molecule has 0 spiro atoms. The highest BCUT2D eigenvalue weighted by Crippen LogP contribution is 2.22. The molecule has 0 bridgehead atoms. The summed E-state index contributed by atoms with van der Waals surface area (Å²) in [5.74, 6) is -1.03. The van der Waals surface area contributed by atoms with Crippen LogP contribution in [0.2, 0.25) is 0 Å². The lowest BCUT2D eigenvalue weighted by Gasteiger charge is -2.39. The Morgan fingerprint density at radius 2 is 1.70 bits per heavy atom. The minimum absolute atomic E-state index is 0.143. The predicted molar refractivity (Wildman–Crippen MR) is 69.4 cm³/mol. The summed E-state index contributed by atoms with van der Waals surface area (Å²) in [6.07, 6.45) is -5.28. The molecule has 0 unspecified atom stereocenters. The number of carboxylic acid groups (broad SMARTS) is 1. The first-order chi connectivity index (χ1) is 9.40. The van der Waals surface area contributed by atoms with Gasteiger partial charge in [-0.1, -0.05) is 0 Å². The zero-order chi connectivity index (χ0) is 14.9. The van der Waals surface area contributed by atoms with Crippen LogP contribution in [0.1, 0.15) is 17.3 Å². The van der Waals surface area contributed by atoms with E-state index in [1.807, 2.05) is 0 Å². The van der Waals surface area contributed by atoms with Gasteiger partial charge in [0.15, 0.2) is 6.23 Å². The number of rotatable bonds is 3. The summed E-state index contributed by atoms with van der Waals surface area (Å²) < 4.78 is 5.38. The Labute approximate surface area is 115 Å². The molecule has 0 saturated carbocycles. The fraction of sp³-hybridized carbons (Fsp3) is 0.462. The normalized spacial score (nSPS) is 33.7. The van der Waals surface area contributed by atoms with E-state index < -0.39 is 36.6 Å². The Kier molecular flexibility index (Phi) is 4.24. The first-order valence-corrected chi connectivity index (χ1v) is 6.19. The summed E-state index contributed by atoms with van der Waals surface area (Å²) in [6.45, 7) is 1.59. The van der Waals surface area contributed by atoms with Crippen molar-refractivity contribution in [3.05, 3.63) is 29.8 Å². The van der Waals surface area contributed by atoms with Gasteiger partial charge < -0.3 is 30.5 Å². The van der Waals surface area contributed by atoms with Crippen molar-refractivity contribution >= 4 is 11.7 Å². The van der Waals surface area contributed by atoms with Gasteiger partial charge in [-0.25, -0.2) is 4.79 Å². The van der Waals surface area contributed by atoms with Gasteiger partial charge in [0.25, 0.3) is 0 Å². The molecule has 7 nitrogen and oxygen atoms in total. The summed E-state index contributed by atoms with van der Waals surface area (Å²) in [6, 6.07) is 5.88. The zero-order valence-corrected chi connectivity index (χ0v) is 10.8. The maximum atomic E-state index is 10.7. The van der Waals surface area contributed by atoms with Gasteiger partial charge in [0.1, 0.15) is 18.3 Å². The number of aliphatic hydroxyl groups excluding tert-OH is 3. The van der Waals surface area contributed by atoms with Crippen molar-refractivity contribution < 1.29 is 30.0 Å². The van der Waals surface area contributed by atoms with Crippen LogP contribution in [0.5, 0.6) is 0 Å². The summed E-state index contributed by atoms with van der Waals surface area (Å²) in [4.78, 5) is 10.7. The second-order valence-electron chi connectivity index (χ2n) is 4.76. The van der Waals surface area contributed by atoms with Crippen molar-refractivity contribution in [2.24, 2.45) is 0 Å². The lowest BCUT2D eigenvalue weighted by molar-refractivity contribution is -0.209. The molecule has 1 heterocycles. The first kappa shape index (κ1) is 14.7. The van der Waals surface area contributed by atoms with Crippen LogP contribution in [0.4, 0.5) is 5.69 Å². The van der Waals surface area contributed by atoms with Crippen LogP contribution < -0.4 is 5.32 Å². The molecule has 1 aliphatic heterocycles. The third-order valence-electron chi connectivity index (χ3n) is 3.29. The number of anilines is 1. The summed E-state index contributed by atoms with van der Waals surface area (Å²) in [7, 11) is 0. The van der Waals surface area contributed by atoms with Gasteiger partial charge in [-0.2, -0.15) is 0 Å². The van der Waals surface area contributed by atoms with E-state index in [0.29, 0.717) is 5.69 Å². The highest BCUT2D eigenvalue weighted by atomic mass is 16.5. The van der Waals surface area contributed by atoms with Crippen LogP contribution in [0, 0.1) is 0 Å². The van der Waals surface area contributed by atoms with E-state index in [0.717, 1.165) is 0 Å². The number of carbonyl (C=O) groups is 1.